The Morgan fingerprint density at radius 2 is 1.88 bits per heavy atom. The Balaban J connectivity index is 1.69. The summed E-state index contributed by atoms with van der Waals surface area (Å²) in [5.74, 6) is 1.33. The van der Waals surface area contributed by atoms with E-state index in [1.165, 1.54) is 5.56 Å². The van der Waals surface area contributed by atoms with Crippen molar-refractivity contribution in [2.45, 2.75) is 26.3 Å². The Labute approximate surface area is 150 Å². The summed E-state index contributed by atoms with van der Waals surface area (Å²) in [4.78, 5) is 14.5. The predicted molar refractivity (Wildman–Crippen MR) is 99.1 cm³/mol. The highest BCUT2D eigenvalue weighted by Gasteiger charge is 2.24. The predicted octanol–water partition coefficient (Wildman–Crippen LogP) is 1.89. The van der Waals surface area contributed by atoms with Gasteiger partial charge >= 0.3 is 6.03 Å². The topological polar surface area (TPSA) is 62.8 Å². The minimum atomic E-state index is -0.104. The lowest BCUT2D eigenvalue weighted by Crippen LogP contribution is -2.52. The highest BCUT2D eigenvalue weighted by Crippen LogP contribution is 2.12. The molecule has 140 valence electrons. The van der Waals surface area contributed by atoms with E-state index in [9.17, 15) is 4.79 Å². The summed E-state index contributed by atoms with van der Waals surface area (Å²) in [6.07, 6.45) is 0.800. The number of methoxy groups -OCH3 is 1. The zero-order valence-electron chi connectivity index (χ0n) is 15.6. The van der Waals surface area contributed by atoms with Crippen LogP contribution in [0.25, 0.3) is 0 Å². The highest BCUT2D eigenvalue weighted by atomic mass is 16.5. The number of amides is 2. The van der Waals surface area contributed by atoms with Gasteiger partial charge in [0.1, 0.15) is 5.75 Å². The number of carbonyl (C=O) groups is 1. The number of urea groups is 1. The molecule has 2 rings (SSSR count). The lowest BCUT2D eigenvalue weighted by atomic mass is 10.0. The zero-order chi connectivity index (χ0) is 18.1. The molecule has 6 nitrogen and oxygen atoms in total. The summed E-state index contributed by atoms with van der Waals surface area (Å²) in [5.41, 5.74) is 1.18. The maximum atomic E-state index is 12.1. The lowest BCUT2D eigenvalue weighted by molar-refractivity contribution is 0.00720. The van der Waals surface area contributed by atoms with E-state index in [4.69, 9.17) is 9.47 Å². The van der Waals surface area contributed by atoms with Crippen molar-refractivity contribution in [3.8, 4) is 5.75 Å². The molecule has 1 aliphatic heterocycles. The van der Waals surface area contributed by atoms with Crippen LogP contribution in [-0.2, 0) is 11.2 Å². The van der Waals surface area contributed by atoms with Crippen LogP contribution < -0.4 is 15.4 Å². The molecule has 2 amide bonds. The van der Waals surface area contributed by atoms with Crippen molar-refractivity contribution < 1.29 is 14.3 Å². The van der Waals surface area contributed by atoms with E-state index in [1.54, 1.807) is 7.11 Å². The number of rotatable bonds is 8. The first kappa shape index (κ1) is 19.5. The van der Waals surface area contributed by atoms with Crippen LogP contribution in [0, 0.1) is 5.92 Å². The molecule has 25 heavy (non-hydrogen) atoms. The summed E-state index contributed by atoms with van der Waals surface area (Å²) in [7, 11) is 1.65. The number of nitrogens with one attached hydrogen (secondary N) is 2. The lowest BCUT2D eigenvalue weighted by Gasteiger charge is -2.36. The van der Waals surface area contributed by atoms with Gasteiger partial charge in [-0.25, -0.2) is 4.79 Å². The highest BCUT2D eigenvalue weighted by molar-refractivity contribution is 5.73. The molecule has 1 unspecified atom stereocenters. The Hall–Kier alpha value is -1.79. The molecule has 0 spiro atoms. The second-order valence-electron chi connectivity index (χ2n) is 6.69. The molecule has 1 atom stereocenters. The number of carbonyl (C=O) groups excluding carboxylic acids is 1. The van der Waals surface area contributed by atoms with Crippen molar-refractivity contribution in [3.63, 3.8) is 0 Å². The van der Waals surface area contributed by atoms with Crippen molar-refractivity contribution in [3.05, 3.63) is 29.8 Å². The molecule has 1 aromatic rings. The smallest absolute Gasteiger partial charge is 0.314 e. The summed E-state index contributed by atoms with van der Waals surface area (Å²) < 4.78 is 10.6. The second-order valence-corrected chi connectivity index (χ2v) is 6.69. The fourth-order valence-corrected chi connectivity index (χ4v) is 3.07. The molecule has 0 aromatic heterocycles. The molecule has 1 aromatic carbocycles. The quantitative estimate of drug-likeness (QED) is 0.752. The first-order valence-electron chi connectivity index (χ1n) is 9.06. The molecule has 1 aliphatic rings. The number of nitrogens with zero attached hydrogens (tertiary/aromatic N) is 1. The van der Waals surface area contributed by atoms with E-state index < -0.39 is 0 Å². The van der Waals surface area contributed by atoms with Gasteiger partial charge in [-0.1, -0.05) is 26.0 Å². The molecular weight excluding hydrogens is 318 g/mol. The summed E-state index contributed by atoms with van der Waals surface area (Å²) in [6.45, 7) is 9.09. The second kappa shape index (κ2) is 10.3. The van der Waals surface area contributed by atoms with E-state index in [-0.39, 0.29) is 6.03 Å². The van der Waals surface area contributed by atoms with Crippen molar-refractivity contribution >= 4 is 6.03 Å². The van der Waals surface area contributed by atoms with Gasteiger partial charge in [-0.05, 0) is 30.0 Å². The maximum Gasteiger partial charge on any atom is 0.314 e. The van der Waals surface area contributed by atoms with Crippen LogP contribution in [0.15, 0.2) is 24.3 Å². The molecule has 1 fully saturated rings. The molecule has 6 heteroatoms. The first-order valence-corrected chi connectivity index (χ1v) is 9.06. The number of benzene rings is 1. The van der Waals surface area contributed by atoms with Gasteiger partial charge in [0.15, 0.2) is 0 Å². The standard InChI is InChI=1S/C19H31N3O3/c1-15(2)18(22-10-12-25-13-11-22)14-21-19(23)20-9-8-16-4-6-17(24-3)7-5-16/h4-7,15,18H,8-14H2,1-3H3,(H2,20,21,23). The third-order valence-electron chi connectivity index (χ3n) is 4.61. The van der Waals surface area contributed by atoms with Crippen LogP contribution in [0.3, 0.4) is 0 Å². The molecule has 0 aliphatic carbocycles. The zero-order valence-corrected chi connectivity index (χ0v) is 15.6. The van der Waals surface area contributed by atoms with Crippen LogP contribution in [0.2, 0.25) is 0 Å². The fourth-order valence-electron chi connectivity index (χ4n) is 3.07. The van der Waals surface area contributed by atoms with E-state index in [0.717, 1.165) is 38.5 Å². The van der Waals surface area contributed by atoms with Crippen molar-refractivity contribution in [2.75, 3.05) is 46.5 Å². The molecular formula is C19H31N3O3. The third-order valence-corrected chi connectivity index (χ3v) is 4.61. The summed E-state index contributed by atoms with van der Waals surface area (Å²) in [5, 5.41) is 5.95. The van der Waals surface area contributed by atoms with Crippen LogP contribution in [0.5, 0.6) is 5.75 Å². The van der Waals surface area contributed by atoms with Crippen molar-refractivity contribution in [1.29, 1.82) is 0 Å². The van der Waals surface area contributed by atoms with Gasteiger partial charge in [-0.3, -0.25) is 4.90 Å². The monoisotopic (exact) mass is 349 g/mol. The summed E-state index contributed by atoms with van der Waals surface area (Å²) >= 11 is 0. The average Bonchev–Trinajstić information content (AvgIpc) is 2.63. The largest absolute Gasteiger partial charge is 0.497 e. The van der Waals surface area contributed by atoms with Gasteiger partial charge in [0.05, 0.1) is 20.3 Å². The van der Waals surface area contributed by atoms with E-state index in [0.29, 0.717) is 25.0 Å². The van der Waals surface area contributed by atoms with Crippen LogP contribution in [0.1, 0.15) is 19.4 Å². The molecule has 0 radical (unpaired) electrons. The van der Waals surface area contributed by atoms with E-state index in [1.807, 2.05) is 24.3 Å². The van der Waals surface area contributed by atoms with Crippen molar-refractivity contribution in [1.82, 2.24) is 15.5 Å². The van der Waals surface area contributed by atoms with Gasteiger partial charge in [0, 0.05) is 32.2 Å². The minimum absolute atomic E-state index is 0.104. The number of hydrogen-bond acceptors (Lipinski definition) is 4. The SMILES string of the molecule is COc1ccc(CCNC(=O)NCC(C(C)C)N2CCOCC2)cc1. The van der Waals surface area contributed by atoms with Crippen molar-refractivity contribution in [2.24, 2.45) is 5.92 Å². The molecule has 1 saturated heterocycles. The Kier molecular flexibility index (Phi) is 8.01. The Morgan fingerprint density at radius 1 is 1.20 bits per heavy atom. The molecule has 0 saturated carbocycles. The summed E-state index contributed by atoms with van der Waals surface area (Å²) in [6, 6.07) is 8.15. The first-order chi connectivity index (χ1) is 12.1. The van der Waals surface area contributed by atoms with Crippen LogP contribution >= 0.6 is 0 Å². The van der Waals surface area contributed by atoms with Gasteiger partial charge < -0.3 is 20.1 Å². The van der Waals surface area contributed by atoms with Gasteiger partial charge in [-0.2, -0.15) is 0 Å². The van der Waals surface area contributed by atoms with Gasteiger partial charge in [0.2, 0.25) is 0 Å². The Bertz CT molecular complexity index is 513. The molecule has 2 N–H and O–H groups in total. The number of morpholine rings is 1. The third kappa shape index (κ3) is 6.55. The maximum absolute atomic E-state index is 12.1. The average molecular weight is 349 g/mol. The van der Waals surface area contributed by atoms with Gasteiger partial charge in [0.25, 0.3) is 0 Å². The van der Waals surface area contributed by atoms with E-state index in [2.05, 4.69) is 29.4 Å². The minimum Gasteiger partial charge on any atom is -0.497 e. The van der Waals surface area contributed by atoms with Gasteiger partial charge in [-0.15, -0.1) is 0 Å². The van der Waals surface area contributed by atoms with Crippen LogP contribution in [-0.4, -0.2) is 63.5 Å². The molecule has 0 bridgehead atoms. The number of hydrogen-bond donors (Lipinski definition) is 2. The fraction of sp³-hybridized carbons (Fsp3) is 0.632. The Morgan fingerprint density at radius 3 is 2.48 bits per heavy atom. The molecule has 1 heterocycles. The van der Waals surface area contributed by atoms with Crippen LogP contribution in [0.4, 0.5) is 4.79 Å². The normalized spacial score (nSPS) is 16.5. The number of ether oxygens (including phenoxy) is 2. The van der Waals surface area contributed by atoms with E-state index >= 15 is 0 Å².